The molecule has 0 aromatic heterocycles. The molecule has 1 aromatic carbocycles. The number of ketones is 2. The number of nitrogens with two attached hydrogens (primary N) is 1. The number of amides is 1. The molecule has 3 aliphatic rings. The van der Waals surface area contributed by atoms with E-state index in [1.165, 1.54) is 11.0 Å². The third kappa shape index (κ3) is 3.10. The van der Waals surface area contributed by atoms with Gasteiger partial charge in [-0.15, -0.1) is 12.4 Å². The molecule has 1 saturated carbocycles. The first kappa shape index (κ1) is 25.3. The fourth-order valence-electron chi connectivity index (χ4n) is 5.18. The maximum Gasteiger partial charge on any atom is 0.255 e. The zero-order valence-corrected chi connectivity index (χ0v) is 18.1. The smallest absolute Gasteiger partial charge is 0.255 e. The van der Waals surface area contributed by atoms with Gasteiger partial charge >= 0.3 is 0 Å². The van der Waals surface area contributed by atoms with Crippen molar-refractivity contribution in [1.29, 1.82) is 0 Å². The van der Waals surface area contributed by atoms with Crippen LogP contribution in [0.15, 0.2) is 35.1 Å². The first-order valence-corrected chi connectivity index (χ1v) is 9.47. The van der Waals surface area contributed by atoms with Gasteiger partial charge in [0.15, 0.2) is 11.4 Å². The molecular formula is C21H25ClN2O8. The zero-order valence-electron chi connectivity index (χ0n) is 17.3. The second-order valence-electron chi connectivity index (χ2n) is 8.27. The highest BCUT2D eigenvalue weighted by atomic mass is 35.5. The lowest BCUT2D eigenvalue weighted by atomic mass is 9.57. The van der Waals surface area contributed by atoms with Crippen LogP contribution in [0, 0.1) is 11.8 Å². The van der Waals surface area contributed by atoms with Crippen LogP contribution in [-0.2, 0) is 20.8 Å². The minimum Gasteiger partial charge on any atom is -0.508 e. The van der Waals surface area contributed by atoms with Gasteiger partial charge in [0.25, 0.3) is 5.91 Å². The van der Waals surface area contributed by atoms with Gasteiger partial charge in [0.1, 0.15) is 22.8 Å². The number of carbonyl (C=O) groups excluding carboxylic acids is 3. The molecule has 0 unspecified atom stereocenters. The summed E-state index contributed by atoms with van der Waals surface area (Å²) in [5, 5.41) is 43.1. The van der Waals surface area contributed by atoms with Crippen molar-refractivity contribution in [2.24, 2.45) is 17.6 Å². The van der Waals surface area contributed by atoms with Gasteiger partial charge in [-0.25, -0.2) is 0 Å². The lowest BCUT2D eigenvalue weighted by molar-refractivity contribution is -0.153. The number of rotatable bonds is 2. The molecule has 3 aliphatic carbocycles. The van der Waals surface area contributed by atoms with Gasteiger partial charge in [-0.2, -0.15) is 0 Å². The standard InChI is InChI=1S/C21H22N2O7.ClH.H2O/c1-23(2)15-10-7-9-6-8-4-3-5-11(24)12(8)16(25)13(9)18(27)21(10,30)19(28)14(17(15)26)20(22)29;;/h3-5,9-10,15,24-25,28,30H,6-7H2,1-2H3,(H2,22,29);1H;1H2/t9-,10-,15-,21-;;/m0../s1. The van der Waals surface area contributed by atoms with Gasteiger partial charge in [-0.3, -0.25) is 19.3 Å². The predicted molar refractivity (Wildman–Crippen MR) is 115 cm³/mol. The van der Waals surface area contributed by atoms with Crippen LogP contribution in [0.3, 0.4) is 0 Å². The van der Waals surface area contributed by atoms with Crippen LogP contribution in [0.1, 0.15) is 17.5 Å². The molecule has 0 radical (unpaired) electrons. The molecule has 32 heavy (non-hydrogen) atoms. The molecule has 10 nitrogen and oxygen atoms in total. The second-order valence-corrected chi connectivity index (χ2v) is 8.27. The number of likely N-dealkylation sites (N-methyl/N-ethyl adjacent to an activating group) is 1. The van der Waals surface area contributed by atoms with Crippen molar-refractivity contribution < 1.29 is 40.3 Å². The molecule has 4 rings (SSSR count). The van der Waals surface area contributed by atoms with Gasteiger partial charge in [-0.05, 0) is 44.5 Å². The number of aromatic hydroxyl groups is 1. The topological polar surface area (TPSA) is 193 Å². The molecule has 8 N–H and O–H groups in total. The van der Waals surface area contributed by atoms with E-state index in [2.05, 4.69) is 0 Å². The van der Waals surface area contributed by atoms with Crippen molar-refractivity contribution in [2.45, 2.75) is 24.5 Å². The van der Waals surface area contributed by atoms with Crippen molar-refractivity contribution in [3.8, 4) is 5.75 Å². The number of phenolic OH excluding ortho intramolecular Hbond substituents is 1. The Morgan fingerprint density at radius 3 is 2.38 bits per heavy atom. The number of hydrogen-bond acceptors (Lipinski definition) is 8. The third-order valence-electron chi connectivity index (χ3n) is 6.46. The number of fused-ring (bicyclic) bond motifs is 3. The maximum absolute atomic E-state index is 13.5. The summed E-state index contributed by atoms with van der Waals surface area (Å²) in [7, 11) is 3.12. The van der Waals surface area contributed by atoms with E-state index in [9.17, 15) is 34.8 Å². The molecule has 174 valence electrons. The van der Waals surface area contributed by atoms with Crippen molar-refractivity contribution >= 4 is 35.6 Å². The molecule has 0 bridgehead atoms. The van der Waals surface area contributed by atoms with Crippen molar-refractivity contribution in [3.05, 3.63) is 46.2 Å². The Labute approximate surface area is 189 Å². The Hall–Kier alpha value is -2.92. The second kappa shape index (κ2) is 8.21. The van der Waals surface area contributed by atoms with Gasteiger partial charge in [0, 0.05) is 11.5 Å². The molecule has 4 atom stereocenters. The van der Waals surface area contributed by atoms with Crippen molar-refractivity contribution in [2.75, 3.05) is 14.1 Å². The molecule has 0 aliphatic heterocycles. The Morgan fingerprint density at radius 2 is 1.81 bits per heavy atom. The summed E-state index contributed by atoms with van der Waals surface area (Å²) in [6, 6.07) is 3.62. The van der Waals surface area contributed by atoms with E-state index in [4.69, 9.17) is 5.73 Å². The predicted octanol–water partition coefficient (Wildman–Crippen LogP) is -0.439. The van der Waals surface area contributed by atoms with Crippen LogP contribution in [0.5, 0.6) is 5.75 Å². The van der Waals surface area contributed by atoms with E-state index >= 15 is 0 Å². The average molecular weight is 469 g/mol. The average Bonchev–Trinajstić information content (AvgIpc) is 2.64. The summed E-state index contributed by atoms with van der Waals surface area (Å²) >= 11 is 0. The van der Waals surface area contributed by atoms with E-state index in [0.717, 1.165) is 0 Å². The van der Waals surface area contributed by atoms with Crippen LogP contribution < -0.4 is 5.73 Å². The summed E-state index contributed by atoms with van der Waals surface area (Å²) in [6.07, 6.45) is 0.379. The Bertz CT molecular complexity index is 1080. The normalized spacial score (nSPS) is 28.9. The van der Waals surface area contributed by atoms with Crippen LogP contribution in [0.25, 0.3) is 5.76 Å². The van der Waals surface area contributed by atoms with Crippen LogP contribution in [0.4, 0.5) is 0 Å². The summed E-state index contributed by atoms with van der Waals surface area (Å²) < 4.78 is 0. The lowest BCUT2D eigenvalue weighted by Crippen LogP contribution is -2.65. The number of aliphatic hydroxyl groups excluding tert-OH is 2. The monoisotopic (exact) mass is 468 g/mol. The highest BCUT2D eigenvalue weighted by Gasteiger charge is 2.64. The largest absolute Gasteiger partial charge is 0.508 e. The number of halogens is 1. The van der Waals surface area contributed by atoms with Crippen LogP contribution in [-0.4, -0.2) is 74.0 Å². The fourth-order valence-corrected chi connectivity index (χ4v) is 5.18. The lowest BCUT2D eigenvalue weighted by Gasteiger charge is -2.50. The van der Waals surface area contributed by atoms with Crippen LogP contribution >= 0.6 is 12.4 Å². The number of primary amides is 1. The number of carbonyl (C=O) groups is 3. The van der Waals surface area contributed by atoms with Crippen molar-refractivity contribution in [1.82, 2.24) is 4.90 Å². The quantitative estimate of drug-likeness (QED) is 0.360. The first-order valence-electron chi connectivity index (χ1n) is 9.47. The number of phenols is 1. The Balaban J connectivity index is 0.00000181. The summed E-state index contributed by atoms with van der Waals surface area (Å²) in [6.45, 7) is 0. The van der Waals surface area contributed by atoms with E-state index in [1.807, 2.05) is 0 Å². The highest BCUT2D eigenvalue weighted by molar-refractivity contribution is 6.24. The molecule has 0 heterocycles. The number of aliphatic hydroxyl groups is 3. The van der Waals surface area contributed by atoms with E-state index in [-0.39, 0.29) is 41.2 Å². The third-order valence-corrected chi connectivity index (χ3v) is 6.46. The fraction of sp³-hybridized carbons (Fsp3) is 0.381. The van der Waals surface area contributed by atoms with Gasteiger partial charge in [0.05, 0.1) is 11.6 Å². The molecule has 0 spiro atoms. The van der Waals surface area contributed by atoms with Gasteiger partial charge in [-0.1, -0.05) is 12.1 Å². The number of hydrogen-bond donors (Lipinski definition) is 5. The SMILES string of the molecule is CN(C)[C@@H]1C(=O)C(C(N)=O)=C(O)[C@@]2(O)C(=O)C3=C(O)c4c(O)cccc4C[C@H]3C[C@@H]12.Cl.O. The van der Waals surface area contributed by atoms with Crippen LogP contribution in [0.2, 0.25) is 0 Å². The minimum atomic E-state index is -2.60. The van der Waals surface area contributed by atoms with Gasteiger partial charge in [0.2, 0.25) is 5.78 Å². The van der Waals surface area contributed by atoms with E-state index < -0.39 is 58.0 Å². The molecule has 1 aromatic rings. The first-order chi connectivity index (χ1) is 14.0. The van der Waals surface area contributed by atoms with Gasteiger partial charge < -0.3 is 31.6 Å². The number of Topliss-reactive ketones (excluding diaryl/α,β-unsaturated/α-hetero) is 2. The molecule has 1 fully saturated rings. The molecular weight excluding hydrogens is 444 g/mol. The summed E-state index contributed by atoms with van der Waals surface area (Å²) in [5.41, 5.74) is 2.41. The van der Waals surface area contributed by atoms with E-state index in [1.54, 1.807) is 26.2 Å². The number of nitrogens with zero attached hydrogens (tertiary/aromatic N) is 1. The Morgan fingerprint density at radius 1 is 1.19 bits per heavy atom. The molecule has 0 saturated heterocycles. The summed E-state index contributed by atoms with van der Waals surface area (Å²) in [4.78, 5) is 39.7. The Kier molecular flexibility index (Phi) is 6.50. The zero-order chi connectivity index (χ0) is 22.1. The molecule has 11 heteroatoms. The molecule has 1 amide bonds. The van der Waals surface area contributed by atoms with E-state index in [0.29, 0.717) is 12.0 Å². The van der Waals surface area contributed by atoms with Crippen molar-refractivity contribution in [3.63, 3.8) is 0 Å². The number of benzene rings is 1. The maximum atomic E-state index is 13.5. The minimum absolute atomic E-state index is 0. The highest BCUT2D eigenvalue weighted by Crippen LogP contribution is 2.52. The summed E-state index contributed by atoms with van der Waals surface area (Å²) in [5.74, 6) is -6.43.